The molecule has 0 bridgehead atoms. The Labute approximate surface area is 107 Å². The molecule has 0 radical (unpaired) electrons. The number of hydrogen-bond acceptors (Lipinski definition) is 2. The Morgan fingerprint density at radius 1 is 1.33 bits per heavy atom. The topological polar surface area (TPSA) is 51.0 Å². The lowest BCUT2D eigenvalue weighted by Gasteiger charge is -2.27. The molecule has 1 heterocycles. The van der Waals surface area contributed by atoms with Crippen LogP contribution in [0.25, 0.3) is 10.9 Å². The molecule has 3 N–H and O–H groups in total. The van der Waals surface area contributed by atoms with Crippen molar-refractivity contribution in [3.05, 3.63) is 30.0 Å². The average Bonchev–Trinajstić information content (AvgIpc) is 3.05. The summed E-state index contributed by atoms with van der Waals surface area (Å²) in [6.45, 7) is 0.733. The molecule has 0 spiro atoms. The van der Waals surface area contributed by atoms with Crippen LogP contribution in [0.5, 0.6) is 5.75 Å². The van der Waals surface area contributed by atoms with Gasteiger partial charge in [-0.05, 0) is 24.5 Å². The summed E-state index contributed by atoms with van der Waals surface area (Å²) in [4.78, 5) is 3.36. The molecule has 1 fully saturated rings. The third kappa shape index (κ3) is 1.54. The highest BCUT2D eigenvalue weighted by molar-refractivity contribution is 5.89. The van der Waals surface area contributed by atoms with Gasteiger partial charge in [-0.25, -0.2) is 0 Å². The van der Waals surface area contributed by atoms with Crippen molar-refractivity contribution in [2.45, 2.75) is 31.1 Å². The zero-order valence-corrected chi connectivity index (χ0v) is 10.8. The predicted molar refractivity (Wildman–Crippen MR) is 74.1 cm³/mol. The summed E-state index contributed by atoms with van der Waals surface area (Å²) in [7, 11) is 1.71. The number of aromatic nitrogens is 1. The van der Waals surface area contributed by atoms with Gasteiger partial charge >= 0.3 is 0 Å². The van der Waals surface area contributed by atoms with Crippen molar-refractivity contribution in [1.29, 1.82) is 0 Å². The minimum Gasteiger partial charge on any atom is -0.495 e. The minimum atomic E-state index is 0.171. The Morgan fingerprint density at radius 3 is 2.78 bits per heavy atom. The van der Waals surface area contributed by atoms with Crippen LogP contribution < -0.4 is 10.5 Å². The fraction of sp³-hybridized carbons (Fsp3) is 0.467. The van der Waals surface area contributed by atoms with E-state index in [4.69, 9.17) is 10.5 Å². The molecule has 1 aliphatic carbocycles. The lowest BCUT2D eigenvalue weighted by atomic mass is 9.79. The van der Waals surface area contributed by atoms with Crippen molar-refractivity contribution in [2.75, 3.05) is 13.7 Å². The molecule has 18 heavy (non-hydrogen) atoms. The fourth-order valence-electron chi connectivity index (χ4n) is 3.37. The number of ether oxygens (including phenoxy) is 1. The Bertz CT molecular complexity index is 553. The normalized spacial score (nSPS) is 18.3. The van der Waals surface area contributed by atoms with E-state index in [2.05, 4.69) is 23.3 Å². The first-order chi connectivity index (χ1) is 8.80. The summed E-state index contributed by atoms with van der Waals surface area (Å²) in [5, 5.41) is 1.27. The largest absolute Gasteiger partial charge is 0.495 e. The van der Waals surface area contributed by atoms with Crippen LogP contribution in [0.3, 0.4) is 0 Å². The van der Waals surface area contributed by atoms with Crippen LogP contribution in [-0.2, 0) is 5.41 Å². The summed E-state index contributed by atoms with van der Waals surface area (Å²) in [6, 6.07) is 6.21. The maximum absolute atomic E-state index is 6.08. The van der Waals surface area contributed by atoms with E-state index in [1.807, 2.05) is 6.07 Å². The van der Waals surface area contributed by atoms with Gasteiger partial charge in [-0.3, -0.25) is 0 Å². The molecule has 0 amide bonds. The lowest BCUT2D eigenvalue weighted by Crippen LogP contribution is -2.31. The number of rotatable bonds is 3. The molecule has 0 aliphatic heterocycles. The molecule has 3 heteroatoms. The van der Waals surface area contributed by atoms with Crippen molar-refractivity contribution >= 4 is 10.9 Å². The molecule has 1 aromatic heterocycles. The maximum atomic E-state index is 6.08. The summed E-state index contributed by atoms with van der Waals surface area (Å²) in [6.07, 6.45) is 7.11. The number of hydrogen-bond donors (Lipinski definition) is 2. The second-order valence-corrected chi connectivity index (χ2v) is 5.28. The molecule has 1 aromatic carbocycles. The zero-order chi connectivity index (χ0) is 12.6. The highest BCUT2D eigenvalue weighted by Gasteiger charge is 2.36. The van der Waals surface area contributed by atoms with Crippen molar-refractivity contribution in [3.8, 4) is 5.75 Å². The number of fused-ring (bicyclic) bond motifs is 1. The summed E-state index contributed by atoms with van der Waals surface area (Å²) >= 11 is 0. The summed E-state index contributed by atoms with van der Waals surface area (Å²) in [5.74, 6) is 0.906. The van der Waals surface area contributed by atoms with Gasteiger partial charge in [-0.15, -0.1) is 0 Å². The van der Waals surface area contributed by atoms with Gasteiger partial charge in [0.15, 0.2) is 0 Å². The van der Waals surface area contributed by atoms with E-state index in [1.165, 1.54) is 36.6 Å². The van der Waals surface area contributed by atoms with Crippen molar-refractivity contribution in [2.24, 2.45) is 5.73 Å². The third-order valence-corrected chi connectivity index (χ3v) is 4.42. The molecule has 2 aromatic rings. The van der Waals surface area contributed by atoms with E-state index in [9.17, 15) is 0 Å². The first-order valence-electron chi connectivity index (χ1n) is 6.65. The van der Waals surface area contributed by atoms with Gasteiger partial charge < -0.3 is 15.5 Å². The molecular weight excluding hydrogens is 224 g/mol. The number of benzene rings is 1. The van der Waals surface area contributed by atoms with Gasteiger partial charge in [-0.1, -0.05) is 25.0 Å². The van der Waals surface area contributed by atoms with E-state index in [0.717, 1.165) is 17.8 Å². The minimum absolute atomic E-state index is 0.171. The van der Waals surface area contributed by atoms with Gasteiger partial charge in [-0.2, -0.15) is 0 Å². The molecule has 0 atom stereocenters. The highest BCUT2D eigenvalue weighted by atomic mass is 16.5. The molecule has 1 saturated carbocycles. The van der Waals surface area contributed by atoms with Gasteiger partial charge in [0.25, 0.3) is 0 Å². The zero-order valence-electron chi connectivity index (χ0n) is 10.8. The third-order valence-electron chi connectivity index (χ3n) is 4.42. The van der Waals surface area contributed by atoms with Gasteiger partial charge in [0.05, 0.1) is 12.6 Å². The van der Waals surface area contributed by atoms with Crippen LogP contribution in [0.15, 0.2) is 24.4 Å². The first-order valence-corrected chi connectivity index (χ1v) is 6.65. The number of nitrogens with one attached hydrogen (secondary N) is 1. The summed E-state index contributed by atoms with van der Waals surface area (Å²) < 4.78 is 5.41. The second kappa shape index (κ2) is 4.32. The van der Waals surface area contributed by atoms with E-state index in [0.29, 0.717) is 0 Å². The quantitative estimate of drug-likeness (QED) is 0.872. The Morgan fingerprint density at radius 2 is 2.11 bits per heavy atom. The van der Waals surface area contributed by atoms with Crippen molar-refractivity contribution < 1.29 is 4.74 Å². The fourth-order valence-corrected chi connectivity index (χ4v) is 3.37. The first kappa shape index (κ1) is 11.6. The molecule has 1 aliphatic rings. The average molecular weight is 244 g/mol. The molecular formula is C15H20N2O. The van der Waals surface area contributed by atoms with Crippen molar-refractivity contribution in [3.63, 3.8) is 0 Å². The van der Waals surface area contributed by atoms with Gasteiger partial charge in [0.2, 0.25) is 0 Å². The Balaban J connectivity index is 2.18. The van der Waals surface area contributed by atoms with Crippen LogP contribution in [0.1, 0.15) is 31.2 Å². The molecule has 3 rings (SSSR count). The lowest BCUT2D eigenvalue weighted by molar-refractivity contribution is 0.419. The monoisotopic (exact) mass is 244 g/mol. The highest BCUT2D eigenvalue weighted by Crippen LogP contribution is 2.44. The molecule has 0 saturated heterocycles. The SMILES string of the molecule is COc1cccc2c(C3(CN)CCCC3)c[nH]c12. The number of para-hydroxylation sites is 1. The standard InChI is InChI=1S/C15H20N2O/c1-18-13-6-4-5-11-12(9-17-14(11)13)15(10-16)7-2-3-8-15/h4-6,9,17H,2-3,7-8,10,16H2,1H3. The van der Waals surface area contributed by atoms with E-state index in [1.54, 1.807) is 7.11 Å². The van der Waals surface area contributed by atoms with Crippen molar-refractivity contribution in [1.82, 2.24) is 4.98 Å². The van der Waals surface area contributed by atoms with Crippen LogP contribution in [0.4, 0.5) is 0 Å². The molecule has 96 valence electrons. The second-order valence-electron chi connectivity index (χ2n) is 5.28. The Kier molecular flexibility index (Phi) is 2.78. The number of nitrogens with two attached hydrogens (primary N) is 1. The van der Waals surface area contributed by atoms with Crippen LogP contribution in [0, 0.1) is 0 Å². The predicted octanol–water partition coefficient (Wildman–Crippen LogP) is 2.95. The number of aromatic amines is 1. The number of H-pyrrole nitrogens is 1. The van der Waals surface area contributed by atoms with Crippen LogP contribution in [-0.4, -0.2) is 18.6 Å². The van der Waals surface area contributed by atoms with E-state index >= 15 is 0 Å². The van der Waals surface area contributed by atoms with Gasteiger partial charge in [0.1, 0.15) is 5.75 Å². The smallest absolute Gasteiger partial charge is 0.142 e. The maximum Gasteiger partial charge on any atom is 0.142 e. The van der Waals surface area contributed by atoms with Gasteiger partial charge in [0, 0.05) is 23.5 Å². The van der Waals surface area contributed by atoms with E-state index < -0.39 is 0 Å². The molecule has 3 nitrogen and oxygen atoms in total. The summed E-state index contributed by atoms with van der Waals surface area (Å²) in [5.41, 5.74) is 8.71. The van der Waals surface area contributed by atoms with Crippen LogP contribution >= 0.6 is 0 Å². The Hall–Kier alpha value is -1.48. The van der Waals surface area contributed by atoms with Crippen LogP contribution in [0.2, 0.25) is 0 Å². The number of methoxy groups -OCH3 is 1. The molecule has 0 unspecified atom stereocenters. The van der Waals surface area contributed by atoms with E-state index in [-0.39, 0.29) is 5.41 Å².